The van der Waals surface area contributed by atoms with Gasteiger partial charge in [-0.1, -0.05) is 19.1 Å². The zero-order valence-corrected chi connectivity index (χ0v) is 11.8. The third kappa shape index (κ3) is 4.55. The van der Waals surface area contributed by atoms with Crippen molar-refractivity contribution in [2.75, 3.05) is 7.05 Å². The SMILES string of the molecule is CC[C@@H](O)c1ccc(OC(C)C(=O)NC(=O)NC)cc1. The molecule has 1 aromatic carbocycles. The second-order valence-electron chi connectivity index (χ2n) is 4.32. The van der Waals surface area contributed by atoms with E-state index < -0.39 is 24.1 Å². The van der Waals surface area contributed by atoms with Crippen molar-refractivity contribution < 1.29 is 19.4 Å². The molecule has 0 bridgehead atoms. The van der Waals surface area contributed by atoms with E-state index in [1.54, 1.807) is 31.2 Å². The highest BCUT2D eigenvalue weighted by molar-refractivity contribution is 5.96. The van der Waals surface area contributed by atoms with E-state index in [0.717, 1.165) is 5.56 Å². The van der Waals surface area contributed by atoms with Gasteiger partial charge >= 0.3 is 6.03 Å². The van der Waals surface area contributed by atoms with Crippen LogP contribution in [0.1, 0.15) is 31.9 Å². The lowest BCUT2D eigenvalue weighted by molar-refractivity contribution is -0.126. The molecule has 1 unspecified atom stereocenters. The number of carbonyl (C=O) groups excluding carboxylic acids is 2. The lowest BCUT2D eigenvalue weighted by atomic mass is 10.1. The summed E-state index contributed by atoms with van der Waals surface area (Å²) in [6.45, 7) is 3.44. The van der Waals surface area contributed by atoms with Gasteiger partial charge in [-0.15, -0.1) is 0 Å². The van der Waals surface area contributed by atoms with Gasteiger partial charge in [-0.3, -0.25) is 10.1 Å². The van der Waals surface area contributed by atoms with Gasteiger partial charge in [0.25, 0.3) is 5.91 Å². The van der Waals surface area contributed by atoms with Crippen LogP contribution in [0, 0.1) is 0 Å². The molecule has 0 aliphatic rings. The van der Waals surface area contributed by atoms with Gasteiger partial charge in [-0.25, -0.2) is 4.79 Å². The Hall–Kier alpha value is -2.08. The molecule has 2 atom stereocenters. The molecule has 1 aromatic rings. The van der Waals surface area contributed by atoms with Crippen molar-refractivity contribution in [2.45, 2.75) is 32.5 Å². The van der Waals surface area contributed by atoms with Crippen LogP contribution in [0.5, 0.6) is 5.75 Å². The van der Waals surface area contributed by atoms with E-state index >= 15 is 0 Å². The van der Waals surface area contributed by atoms with Crippen molar-refractivity contribution in [1.82, 2.24) is 10.6 Å². The van der Waals surface area contributed by atoms with E-state index in [0.29, 0.717) is 12.2 Å². The number of urea groups is 1. The third-order valence-electron chi connectivity index (χ3n) is 2.80. The summed E-state index contributed by atoms with van der Waals surface area (Å²) in [6.07, 6.45) is -0.669. The molecule has 3 N–H and O–H groups in total. The summed E-state index contributed by atoms with van der Waals surface area (Å²) < 4.78 is 5.42. The molecule has 0 saturated carbocycles. The summed E-state index contributed by atoms with van der Waals surface area (Å²) in [4.78, 5) is 22.6. The number of ether oxygens (including phenoxy) is 1. The zero-order chi connectivity index (χ0) is 15.1. The average Bonchev–Trinajstić information content (AvgIpc) is 2.46. The van der Waals surface area contributed by atoms with E-state index in [9.17, 15) is 14.7 Å². The van der Waals surface area contributed by atoms with E-state index in [1.165, 1.54) is 7.05 Å². The Morgan fingerprint density at radius 1 is 1.30 bits per heavy atom. The van der Waals surface area contributed by atoms with Gasteiger partial charge < -0.3 is 15.2 Å². The number of benzene rings is 1. The number of carbonyl (C=O) groups is 2. The molecule has 0 aliphatic carbocycles. The maximum Gasteiger partial charge on any atom is 0.321 e. The van der Waals surface area contributed by atoms with Gasteiger partial charge in [0.15, 0.2) is 6.10 Å². The largest absolute Gasteiger partial charge is 0.481 e. The summed E-state index contributed by atoms with van der Waals surface area (Å²) in [7, 11) is 1.42. The number of aliphatic hydroxyl groups is 1. The smallest absolute Gasteiger partial charge is 0.321 e. The molecule has 6 heteroatoms. The third-order valence-corrected chi connectivity index (χ3v) is 2.80. The molecule has 1 rings (SSSR count). The lowest BCUT2D eigenvalue weighted by Crippen LogP contribution is -2.43. The number of hydrogen-bond acceptors (Lipinski definition) is 4. The fraction of sp³-hybridized carbons (Fsp3) is 0.429. The van der Waals surface area contributed by atoms with Gasteiger partial charge in [0, 0.05) is 7.05 Å². The van der Waals surface area contributed by atoms with Crippen LogP contribution in [0.25, 0.3) is 0 Å². The Bertz CT molecular complexity index is 459. The molecule has 0 aliphatic heterocycles. The molecule has 0 saturated heterocycles. The Morgan fingerprint density at radius 3 is 2.40 bits per heavy atom. The van der Waals surface area contributed by atoms with Crippen LogP contribution < -0.4 is 15.4 Å². The van der Waals surface area contributed by atoms with Gasteiger partial charge in [0.2, 0.25) is 0 Å². The van der Waals surface area contributed by atoms with Crippen LogP contribution in [0.4, 0.5) is 4.79 Å². The molecule has 3 amide bonds. The number of imide groups is 1. The minimum Gasteiger partial charge on any atom is -0.481 e. The van der Waals surface area contributed by atoms with Crippen LogP contribution in [0.2, 0.25) is 0 Å². The summed E-state index contributed by atoms with van der Waals surface area (Å²) in [5.41, 5.74) is 0.794. The van der Waals surface area contributed by atoms with Crippen molar-refractivity contribution in [3.63, 3.8) is 0 Å². The summed E-state index contributed by atoms with van der Waals surface area (Å²) >= 11 is 0. The van der Waals surface area contributed by atoms with Crippen molar-refractivity contribution in [2.24, 2.45) is 0 Å². The highest BCUT2D eigenvalue weighted by atomic mass is 16.5. The summed E-state index contributed by atoms with van der Waals surface area (Å²) in [6, 6.07) is 6.27. The predicted octanol–water partition coefficient (Wildman–Crippen LogP) is 1.35. The monoisotopic (exact) mass is 280 g/mol. The molecule has 6 nitrogen and oxygen atoms in total. The van der Waals surface area contributed by atoms with Crippen molar-refractivity contribution in [1.29, 1.82) is 0 Å². The normalized spacial score (nSPS) is 13.2. The van der Waals surface area contributed by atoms with Crippen LogP contribution >= 0.6 is 0 Å². The van der Waals surface area contributed by atoms with Gasteiger partial charge in [-0.05, 0) is 31.0 Å². The topological polar surface area (TPSA) is 87.7 Å². The Labute approximate surface area is 118 Å². The second-order valence-corrected chi connectivity index (χ2v) is 4.32. The maximum absolute atomic E-state index is 11.6. The average molecular weight is 280 g/mol. The Kier molecular flexibility index (Phi) is 5.99. The molecule has 0 radical (unpaired) electrons. The first-order chi connectivity index (χ1) is 9.47. The number of amides is 3. The van der Waals surface area contributed by atoms with E-state index in [2.05, 4.69) is 10.6 Å². The molecule has 0 aromatic heterocycles. The van der Waals surface area contributed by atoms with Crippen molar-refractivity contribution >= 4 is 11.9 Å². The van der Waals surface area contributed by atoms with Crippen LogP contribution in [-0.4, -0.2) is 30.2 Å². The first-order valence-corrected chi connectivity index (χ1v) is 6.45. The van der Waals surface area contributed by atoms with Crippen LogP contribution in [0.3, 0.4) is 0 Å². The summed E-state index contributed by atoms with van der Waals surface area (Å²) in [5, 5.41) is 14.1. The molecule has 0 fully saturated rings. The Morgan fingerprint density at radius 2 is 1.90 bits per heavy atom. The number of rotatable bonds is 5. The van der Waals surface area contributed by atoms with E-state index in [4.69, 9.17) is 4.74 Å². The maximum atomic E-state index is 11.6. The van der Waals surface area contributed by atoms with Gasteiger partial charge in [0.05, 0.1) is 6.10 Å². The fourth-order valence-corrected chi connectivity index (χ4v) is 1.54. The zero-order valence-electron chi connectivity index (χ0n) is 11.8. The van der Waals surface area contributed by atoms with E-state index in [1.807, 2.05) is 6.92 Å². The minimum absolute atomic E-state index is 0.497. The van der Waals surface area contributed by atoms with Gasteiger partial charge in [0.1, 0.15) is 5.75 Å². The molecule has 0 heterocycles. The fourth-order valence-electron chi connectivity index (χ4n) is 1.54. The second kappa shape index (κ2) is 7.49. The molecule has 20 heavy (non-hydrogen) atoms. The molecular weight excluding hydrogens is 260 g/mol. The number of aliphatic hydroxyl groups excluding tert-OH is 1. The standard InChI is InChI=1S/C14H20N2O4/c1-4-12(17)10-5-7-11(8-6-10)20-9(2)13(18)16-14(19)15-3/h5-9,12,17H,4H2,1-3H3,(H2,15,16,18,19)/t9?,12-/m1/s1. The number of hydrogen-bond donors (Lipinski definition) is 3. The van der Waals surface area contributed by atoms with E-state index in [-0.39, 0.29) is 0 Å². The predicted molar refractivity (Wildman–Crippen MR) is 74.4 cm³/mol. The van der Waals surface area contributed by atoms with Crippen LogP contribution in [0.15, 0.2) is 24.3 Å². The first-order valence-electron chi connectivity index (χ1n) is 6.45. The molecule has 110 valence electrons. The summed E-state index contributed by atoms with van der Waals surface area (Å²) in [5.74, 6) is -0.0290. The van der Waals surface area contributed by atoms with Crippen LogP contribution in [-0.2, 0) is 4.79 Å². The Balaban J connectivity index is 2.59. The number of nitrogens with one attached hydrogen (secondary N) is 2. The minimum atomic E-state index is -0.797. The van der Waals surface area contributed by atoms with Crippen molar-refractivity contribution in [3.8, 4) is 5.75 Å². The van der Waals surface area contributed by atoms with Gasteiger partial charge in [-0.2, -0.15) is 0 Å². The quantitative estimate of drug-likeness (QED) is 0.759. The highest BCUT2D eigenvalue weighted by Gasteiger charge is 2.16. The molecule has 0 spiro atoms. The molecular formula is C14H20N2O4. The highest BCUT2D eigenvalue weighted by Crippen LogP contribution is 2.20. The van der Waals surface area contributed by atoms with Crippen molar-refractivity contribution in [3.05, 3.63) is 29.8 Å². The first kappa shape index (κ1) is 16.0. The lowest BCUT2D eigenvalue weighted by Gasteiger charge is -2.15.